The molecule has 0 atom stereocenters. The SMILES string of the molecule is O=C(Nc1ccc2c(c1)C(=O)Nc1cc(Cl)ccc1O2)c1ccc(Br)cc1. The molecule has 0 saturated carbocycles. The Labute approximate surface area is 168 Å². The van der Waals surface area contributed by atoms with Gasteiger partial charge in [-0.3, -0.25) is 9.59 Å². The van der Waals surface area contributed by atoms with Crippen molar-refractivity contribution in [2.24, 2.45) is 0 Å². The molecule has 2 N–H and O–H groups in total. The number of fused-ring (bicyclic) bond motifs is 2. The van der Waals surface area contributed by atoms with Crippen molar-refractivity contribution in [3.8, 4) is 11.5 Å². The highest BCUT2D eigenvalue weighted by molar-refractivity contribution is 9.10. The van der Waals surface area contributed by atoms with E-state index in [1.165, 1.54) is 0 Å². The quantitative estimate of drug-likeness (QED) is 0.533. The van der Waals surface area contributed by atoms with E-state index in [0.717, 1.165) is 4.47 Å². The Bertz CT molecular complexity index is 1070. The highest BCUT2D eigenvalue weighted by Crippen LogP contribution is 2.37. The van der Waals surface area contributed by atoms with E-state index in [-0.39, 0.29) is 11.8 Å². The molecule has 4 rings (SSSR count). The summed E-state index contributed by atoms with van der Waals surface area (Å²) in [4.78, 5) is 25.0. The summed E-state index contributed by atoms with van der Waals surface area (Å²) in [5.74, 6) is 0.284. The van der Waals surface area contributed by atoms with Crippen molar-refractivity contribution in [2.45, 2.75) is 0 Å². The summed E-state index contributed by atoms with van der Waals surface area (Å²) in [6, 6.07) is 16.9. The average Bonchev–Trinajstić information content (AvgIpc) is 2.78. The molecule has 5 nitrogen and oxygen atoms in total. The summed E-state index contributed by atoms with van der Waals surface area (Å²) in [7, 11) is 0. The highest BCUT2D eigenvalue weighted by atomic mass is 79.9. The van der Waals surface area contributed by atoms with Crippen LogP contribution in [0.3, 0.4) is 0 Å². The van der Waals surface area contributed by atoms with Gasteiger partial charge in [0, 0.05) is 20.7 Å². The first-order valence-corrected chi connectivity index (χ1v) is 9.16. The zero-order valence-electron chi connectivity index (χ0n) is 13.8. The Morgan fingerprint density at radius 3 is 2.52 bits per heavy atom. The first-order valence-electron chi connectivity index (χ1n) is 7.99. The van der Waals surface area contributed by atoms with E-state index >= 15 is 0 Å². The van der Waals surface area contributed by atoms with Gasteiger partial charge < -0.3 is 15.4 Å². The van der Waals surface area contributed by atoms with Gasteiger partial charge in [0.05, 0.1) is 11.3 Å². The number of nitrogens with one attached hydrogen (secondary N) is 2. The Morgan fingerprint density at radius 2 is 1.74 bits per heavy atom. The normalized spacial score (nSPS) is 12.1. The average molecular weight is 444 g/mol. The summed E-state index contributed by atoms with van der Waals surface area (Å²) in [6.45, 7) is 0. The molecule has 1 aliphatic rings. The minimum Gasteiger partial charge on any atom is -0.454 e. The second-order valence-electron chi connectivity index (χ2n) is 5.87. The fourth-order valence-electron chi connectivity index (χ4n) is 2.68. The Kier molecular flexibility index (Phi) is 4.59. The van der Waals surface area contributed by atoms with Gasteiger partial charge in [-0.05, 0) is 60.7 Å². The van der Waals surface area contributed by atoms with Crippen LogP contribution < -0.4 is 15.4 Å². The molecule has 0 unspecified atom stereocenters. The zero-order valence-corrected chi connectivity index (χ0v) is 16.1. The number of hydrogen-bond acceptors (Lipinski definition) is 3. The van der Waals surface area contributed by atoms with Crippen LogP contribution in [0.15, 0.2) is 65.1 Å². The van der Waals surface area contributed by atoms with Crippen molar-refractivity contribution in [3.63, 3.8) is 0 Å². The van der Waals surface area contributed by atoms with E-state index < -0.39 is 0 Å². The van der Waals surface area contributed by atoms with Crippen LogP contribution in [0.4, 0.5) is 11.4 Å². The number of halogens is 2. The number of amides is 2. The molecule has 3 aromatic rings. The minimum atomic E-state index is -0.342. The fraction of sp³-hybridized carbons (Fsp3) is 0. The third-order valence-corrected chi connectivity index (χ3v) is 4.76. The largest absolute Gasteiger partial charge is 0.454 e. The number of benzene rings is 3. The summed E-state index contributed by atoms with van der Waals surface area (Å²) < 4.78 is 6.71. The van der Waals surface area contributed by atoms with E-state index in [1.54, 1.807) is 60.7 Å². The third kappa shape index (κ3) is 3.67. The molecule has 0 aromatic heterocycles. The van der Waals surface area contributed by atoms with Crippen molar-refractivity contribution in [1.29, 1.82) is 0 Å². The standard InChI is InChI=1S/C20H12BrClN2O3/c21-12-3-1-11(2-4-12)19(25)23-14-6-8-17-15(10-14)20(26)24-16-9-13(22)5-7-18(16)27-17/h1-10H,(H,23,25)(H,24,26). The number of rotatable bonds is 2. The van der Waals surface area contributed by atoms with Gasteiger partial charge in [0.2, 0.25) is 0 Å². The van der Waals surface area contributed by atoms with Gasteiger partial charge in [0.25, 0.3) is 11.8 Å². The number of hydrogen-bond donors (Lipinski definition) is 2. The maximum absolute atomic E-state index is 12.6. The summed E-state index contributed by atoms with van der Waals surface area (Å²) in [6.07, 6.45) is 0. The highest BCUT2D eigenvalue weighted by Gasteiger charge is 2.22. The molecule has 0 bridgehead atoms. The minimum absolute atomic E-state index is 0.271. The van der Waals surface area contributed by atoms with Crippen LogP contribution in [-0.2, 0) is 0 Å². The van der Waals surface area contributed by atoms with E-state index in [0.29, 0.717) is 39.0 Å². The predicted octanol–water partition coefficient (Wildman–Crippen LogP) is 5.71. The van der Waals surface area contributed by atoms with Crippen LogP contribution >= 0.6 is 27.5 Å². The molecule has 1 heterocycles. The van der Waals surface area contributed by atoms with Crippen molar-refractivity contribution >= 4 is 50.7 Å². The smallest absolute Gasteiger partial charge is 0.259 e. The lowest BCUT2D eigenvalue weighted by molar-refractivity contribution is 0.101. The fourth-order valence-corrected chi connectivity index (χ4v) is 3.11. The molecule has 3 aromatic carbocycles. The van der Waals surface area contributed by atoms with Crippen molar-refractivity contribution < 1.29 is 14.3 Å². The molecule has 27 heavy (non-hydrogen) atoms. The lowest BCUT2D eigenvalue weighted by atomic mass is 10.1. The third-order valence-electron chi connectivity index (χ3n) is 4.00. The monoisotopic (exact) mass is 442 g/mol. The summed E-state index contributed by atoms with van der Waals surface area (Å²) in [5.41, 5.74) is 1.81. The Hall–Kier alpha value is -2.83. The molecule has 0 spiro atoms. The van der Waals surface area contributed by atoms with Gasteiger partial charge in [-0.1, -0.05) is 27.5 Å². The maximum Gasteiger partial charge on any atom is 0.259 e. The summed E-state index contributed by atoms with van der Waals surface area (Å²) in [5, 5.41) is 6.05. The lowest BCUT2D eigenvalue weighted by Gasteiger charge is -2.10. The molecule has 7 heteroatoms. The molecule has 0 fully saturated rings. The van der Waals surface area contributed by atoms with Crippen LogP contribution in [0.1, 0.15) is 20.7 Å². The number of anilines is 2. The second kappa shape index (κ2) is 7.06. The van der Waals surface area contributed by atoms with Gasteiger partial charge in [-0.15, -0.1) is 0 Å². The molecule has 0 saturated heterocycles. The van der Waals surface area contributed by atoms with Gasteiger partial charge in [-0.25, -0.2) is 0 Å². The predicted molar refractivity (Wildman–Crippen MR) is 108 cm³/mol. The zero-order chi connectivity index (χ0) is 19.0. The van der Waals surface area contributed by atoms with E-state index in [1.807, 2.05) is 0 Å². The van der Waals surface area contributed by atoms with Crippen LogP contribution in [0.5, 0.6) is 11.5 Å². The van der Waals surface area contributed by atoms with E-state index in [2.05, 4.69) is 26.6 Å². The van der Waals surface area contributed by atoms with Gasteiger partial charge >= 0.3 is 0 Å². The van der Waals surface area contributed by atoms with Crippen LogP contribution in [0.25, 0.3) is 0 Å². The molecule has 134 valence electrons. The molecule has 2 amide bonds. The van der Waals surface area contributed by atoms with E-state index in [9.17, 15) is 9.59 Å². The Balaban J connectivity index is 1.61. The molecular formula is C20H12BrClN2O3. The van der Waals surface area contributed by atoms with Gasteiger partial charge in [0.1, 0.15) is 5.75 Å². The first-order chi connectivity index (χ1) is 13.0. The van der Waals surface area contributed by atoms with Crippen LogP contribution in [-0.4, -0.2) is 11.8 Å². The number of carbonyl (C=O) groups is 2. The topological polar surface area (TPSA) is 67.4 Å². The Morgan fingerprint density at radius 1 is 1.00 bits per heavy atom. The molecule has 0 radical (unpaired) electrons. The maximum atomic E-state index is 12.6. The molecular weight excluding hydrogens is 432 g/mol. The first kappa shape index (κ1) is 17.6. The van der Waals surface area contributed by atoms with Gasteiger partial charge in [-0.2, -0.15) is 0 Å². The summed E-state index contributed by atoms with van der Waals surface area (Å²) >= 11 is 9.32. The van der Waals surface area contributed by atoms with E-state index in [4.69, 9.17) is 16.3 Å². The van der Waals surface area contributed by atoms with Crippen molar-refractivity contribution in [3.05, 3.63) is 81.3 Å². The molecule has 0 aliphatic carbocycles. The molecule has 1 aliphatic heterocycles. The lowest BCUT2D eigenvalue weighted by Crippen LogP contribution is -2.14. The van der Waals surface area contributed by atoms with Crippen LogP contribution in [0, 0.1) is 0 Å². The number of carbonyl (C=O) groups excluding carboxylic acids is 2. The number of ether oxygens (including phenoxy) is 1. The van der Waals surface area contributed by atoms with Crippen molar-refractivity contribution in [2.75, 3.05) is 10.6 Å². The second-order valence-corrected chi connectivity index (χ2v) is 7.22. The van der Waals surface area contributed by atoms with Gasteiger partial charge in [0.15, 0.2) is 5.75 Å². The van der Waals surface area contributed by atoms with Crippen molar-refractivity contribution in [1.82, 2.24) is 0 Å². The van der Waals surface area contributed by atoms with Crippen LogP contribution in [0.2, 0.25) is 5.02 Å².